The molecule has 2 rings (SSSR count). The fourth-order valence-electron chi connectivity index (χ4n) is 2.16. The quantitative estimate of drug-likeness (QED) is 0.601. The van der Waals surface area contributed by atoms with Crippen LogP contribution in [0.1, 0.15) is 13.8 Å². The molecule has 0 saturated carbocycles. The molecule has 1 aliphatic heterocycles. The number of nitrogens with zero attached hydrogens (tertiary/aromatic N) is 4. The molecule has 98 valence electrons. The lowest BCUT2D eigenvalue weighted by Gasteiger charge is -2.36. The molecule has 0 bridgehead atoms. The van der Waals surface area contributed by atoms with Gasteiger partial charge in [-0.3, -0.25) is 4.90 Å². The van der Waals surface area contributed by atoms with Crippen LogP contribution in [0.25, 0.3) is 0 Å². The van der Waals surface area contributed by atoms with Crippen LogP contribution in [0.3, 0.4) is 0 Å². The Morgan fingerprint density at radius 2 is 1.94 bits per heavy atom. The van der Waals surface area contributed by atoms with Crippen LogP contribution in [0.4, 0.5) is 11.6 Å². The van der Waals surface area contributed by atoms with E-state index < -0.39 is 4.92 Å². The highest BCUT2D eigenvalue weighted by atomic mass is 16.6. The minimum atomic E-state index is -0.451. The number of hydrogen-bond acceptors (Lipinski definition) is 5. The van der Waals surface area contributed by atoms with Gasteiger partial charge in [-0.2, -0.15) is 0 Å². The lowest BCUT2D eigenvalue weighted by atomic mass is 10.2. The van der Waals surface area contributed by atoms with Gasteiger partial charge in [0.15, 0.2) is 0 Å². The monoisotopic (exact) mass is 250 g/mol. The number of rotatable bonds is 3. The molecule has 0 unspecified atom stereocenters. The maximum absolute atomic E-state index is 10.7. The molecule has 1 fully saturated rings. The largest absolute Gasteiger partial charge is 0.365 e. The van der Waals surface area contributed by atoms with Gasteiger partial charge in [0.1, 0.15) is 0 Å². The number of aromatic nitrogens is 1. The molecule has 1 aliphatic rings. The zero-order chi connectivity index (χ0) is 13.1. The second kappa shape index (κ2) is 5.30. The highest BCUT2D eigenvalue weighted by Gasteiger charge is 2.22. The van der Waals surface area contributed by atoms with Gasteiger partial charge < -0.3 is 15.0 Å². The van der Waals surface area contributed by atoms with Crippen LogP contribution >= 0.6 is 0 Å². The van der Waals surface area contributed by atoms with E-state index in [1.807, 2.05) is 6.07 Å². The van der Waals surface area contributed by atoms with Crippen LogP contribution < -0.4 is 4.90 Å². The normalized spacial score (nSPS) is 17.2. The lowest BCUT2D eigenvalue weighted by Crippen LogP contribution is -2.49. The predicted octanol–water partition coefficient (Wildman–Crippen LogP) is 1.52. The number of piperazine rings is 1. The SMILES string of the molecule is CC(C)N1CCN(c2cccc([N+](=O)[O-])n2)CC1. The molecule has 0 spiro atoms. The van der Waals surface area contributed by atoms with Gasteiger partial charge in [-0.1, -0.05) is 0 Å². The Hall–Kier alpha value is -1.69. The van der Waals surface area contributed by atoms with Gasteiger partial charge in [-0.15, -0.1) is 0 Å². The van der Waals surface area contributed by atoms with E-state index in [4.69, 9.17) is 0 Å². The van der Waals surface area contributed by atoms with E-state index in [2.05, 4.69) is 28.6 Å². The minimum absolute atomic E-state index is 0.0845. The fraction of sp³-hybridized carbons (Fsp3) is 0.583. The third kappa shape index (κ3) is 2.76. The molecule has 0 atom stereocenters. The molecule has 2 heterocycles. The summed E-state index contributed by atoms with van der Waals surface area (Å²) in [4.78, 5) is 18.8. The van der Waals surface area contributed by atoms with Crippen molar-refractivity contribution in [2.75, 3.05) is 31.1 Å². The number of nitro groups is 1. The van der Waals surface area contributed by atoms with Gasteiger partial charge in [-0.05, 0) is 29.8 Å². The van der Waals surface area contributed by atoms with Gasteiger partial charge in [-0.25, -0.2) is 0 Å². The zero-order valence-corrected chi connectivity index (χ0v) is 10.7. The van der Waals surface area contributed by atoms with Crippen molar-refractivity contribution in [1.29, 1.82) is 0 Å². The van der Waals surface area contributed by atoms with E-state index in [0.29, 0.717) is 11.9 Å². The van der Waals surface area contributed by atoms with Crippen LogP contribution in [0.5, 0.6) is 0 Å². The Morgan fingerprint density at radius 1 is 1.28 bits per heavy atom. The van der Waals surface area contributed by atoms with Crippen molar-refractivity contribution >= 4 is 11.6 Å². The summed E-state index contributed by atoms with van der Waals surface area (Å²) < 4.78 is 0. The molecule has 0 aromatic carbocycles. The summed E-state index contributed by atoms with van der Waals surface area (Å²) in [6.07, 6.45) is 0. The molecule has 6 heteroatoms. The molecule has 1 aromatic rings. The minimum Gasteiger partial charge on any atom is -0.358 e. The Labute approximate surface area is 106 Å². The molecule has 0 amide bonds. The van der Waals surface area contributed by atoms with Gasteiger partial charge in [0, 0.05) is 44.4 Å². The molecule has 0 N–H and O–H groups in total. The lowest BCUT2D eigenvalue weighted by molar-refractivity contribution is -0.389. The molecule has 1 saturated heterocycles. The first-order valence-electron chi connectivity index (χ1n) is 6.18. The maximum atomic E-state index is 10.7. The summed E-state index contributed by atoms with van der Waals surface area (Å²) in [5.41, 5.74) is 0. The Balaban J connectivity index is 2.05. The van der Waals surface area contributed by atoms with Crippen molar-refractivity contribution in [3.8, 4) is 0 Å². The van der Waals surface area contributed by atoms with Crippen LogP contribution in [-0.2, 0) is 0 Å². The number of pyridine rings is 1. The van der Waals surface area contributed by atoms with Crippen molar-refractivity contribution in [3.63, 3.8) is 0 Å². The summed E-state index contributed by atoms with van der Waals surface area (Å²) in [6, 6.07) is 5.49. The highest BCUT2D eigenvalue weighted by Crippen LogP contribution is 2.18. The van der Waals surface area contributed by atoms with Gasteiger partial charge >= 0.3 is 5.82 Å². The third-order valence-corrected chi connectivity index (χ3v) is 3.28. The summed E-state index contributed by atoms with van der Waals surface area (Å²) in [5.74, 6) is 0.617. The summed E-state index contributed by atoms with van der Waals surface area (Å²) in [5, 5.41) is 10.7. The van der Waals surface area contributed by atoms with Gasteiger partial charge in [0.05, 0.1) is 0 Å². The maximum Gasteiger partial charge on any atom is 0.365 e. The molecular weight excluding hydrogens is 232 g/mol. The Kier molecular flexibility index (Phi) is 3.76. The number of anilines is 1. The molecule has 0 aliphatic carbocycles. The topological polar surface area (TPSA) is 62.5 Å². The van der Waals surface area contributed by atoms with E-state index >= 15 is 0 Å². The summed E-state index contributed by atoms with van der Waals surface area (Å²) in [7, 11) is 0. The zero-order valence-electron chi connectivity index (χ0n) is 10.7. The smallest absolute Gasteiger partial charge is 0.358 e. The van der Waals surface area contributed by atoms with Crippen LogP contribution in [0.2, 0.25) is 0 Å². The predicted molar refractivity (Wildman–Crippen MR) is 69.8 cm³/mol. The van der Waals surface area contributed by atoms with Crippen molar-refractivity contribution in [3.05, 3.63) is 28.3 Å². The molecular formula is C12H18N4O2. The second-order valence-electron chi connectivity index (χ2n) is 4.73. The standard InChI is InChI=1S/C12H18N4O2/c1-10(2)14-6-8-15(9-7-14)11-4-3-5-12(13-11)16(17)18/h3-5,10H,6-9H2,1-2H3. The van der Waals surface area contributed by atoms with E-state index in [-0.39, 0.29) is 5.82 Å². The van der Waals surface area contributed by atoms with Gasteiger partial charge in [0.25, 0.3) is 0 Å². The van der Waals surface area contributed by atoms with E-state index in [0.717, 1.165) is 26.2 Å². The van der Waals surface area contributed by atoms with Crippen molar-refractivity contribution in [1.82, 2.24) is 9.88 Å². The van der Waals surface area contributed by atoms with Crippen molar-refractivity contribution in [2.45, 2.75) is 19.9 Å². The average molecular weight is 250 g/mol. The first kappa shape index (κ1) is 12.8. The first-order valence-corrected chi connectivity index (χ1v) is 6.18. The highest BCUT2D eigenvalue weighted by molar-refractivity contribution is 5.42. The molecule has 1 aromatic heterocycles. The summed E-state index contributed by atoms with van der Waals surface area (Å²) >= 11 is 0. The van der Waals surface area contributed by atoms with Crippen LogP contribution in [0.15, 0.2) is 18.2 Å². The Morgan fingerprint density at radius 3 is 2.50 bits per heavy atom. The van der Waals surface area contributed by atoms with Crippen molar-refractivity contribution < 1.29 is 4.92 Å². The second-order valence-corrected chi connectivity index (χ2v) is 4.73. The van der Waals surface area contributed by atoms with E-state index in [1.165, 1.54) is 6.07 Å². The fourth-order valence-corrected chi connectivity index (χ4v) is 2.16. The summed E-state index contributed by atoms with van der Waals surface area (Å²) in [6.45, 7) is 8.05. The van der Waals surface area contributed by atoms with E-state index in [1.54, 1.807) is 6.07 Å². The molecule has 0 radical (unpaired) electrons. The first-order chi connectivity index (χ1) is 8.58. The van der Waals surface area contributed by atoms with Gasteiger partial charge in [0.2, 0.25) is 5.82 Å². The molecule has 6 nitrogen and oxygen atoms in total. The number of hydrogen-bond donors (Lipinski definition) is 0. The van der Waals surface area contributed by atoms with Crippen molar-refractivity contribution in [2.24, 2.45) is 0 Å². The Bertz CT molecular complexity index is 428. The van der Waals surface area contributed by atoms with Crippen LogP contribution in [0, 0.1) is 10.1 Å². The average Bonchev–Trinajstić information content (AvgIpc) is 2.39. The van der Waals surface area contributed by atoms with E-state index in [9.17, 15) is 10.1 Å². The van der Waals surface area contributed by atoms with Crippen LogP contribution in [-0.4, -0.2) is 47.0 Å². The third-order valence-electron chi connectivity index (χ3n) is 3.28. The molecule has 18 heavy (non-hydrogen) atoms.